The summed E-state index contributed by atoms with van der Waals surface area (Å²) in [5.74, 6) is 0. The largest absolute Gasteiger partial charge is 0.416 e. The highest BCUT2D eigenvalue weighted by molar-refractivity contribution is 7.98. The number of hydrogen-bond donors (Lipinski definition) is 1. The van der Waals surface area contributed by atoms with Gasteiger partial charge < -0.3 is 5.73 Å². The van der Waals surface area contributed by atoms with Gasteiger partial charge in [0.1, 0.15) is 0 Å². The maximum atomic E-state index is 12.8. The van der Waals surface area contributed by atoms with Crippen molar-refractivity contribution < 1.29 is 13.2 Å². The molecule has 2 N–H and O–H groups in total. The molecule has 142 valence electrons. The Bertz CT molecular complexity index is 1020. The van der Waals surface area contributed by atoms with Gasteiger partial charge in [-0.25, -0.2) is 14.0 Å². The summed E-state index contributed by atoms with van der Waals surface area (Å²) in [7, 11) is 0. The molecule has 0 amide bonds. The summed E-state index contributed by atoms with van der Waals surface area (Å²) in [6.07, 6.45) is -2.68. The van der Waals surface area contributed by atoms with Crippen LogP contribution in [0.15, 0.2) is 52.4 Å². The summed E-state index contributed by atoms with van der Waals surface area (Å²) in [4.78, 5) is 12.8. The lowest BCUT2D eigenvalue weighted by atomic mass is 10.1. The molecule has 0 aliphatic carbocycles. The first-order valence-electron chi connectivity index (χ1n) is 7.97. The fraction of sp³-hybridized carbons (Fsp3) is 0.222. The van der Waals surface area contributed by atoms with E-state index in [9.17, 15) is 18.0 Å². The molecular weight excluding hydrogens is 377 g/mol. The molecule has 0 spiro atoms. The third kappa shape index (κ3) is 3.87. The molecular formula is C18H17F3N4OS. The number of aryl methyl sites for hydroxylation is 1. The Morgan fingerprint density at radius 2 is 1.81 bits per heavy atom. The van der Waals surface area contributed by atoms with Crippen molar-refractivity contribution in [1.29, 1.82) is 0 Å². The van der Waals surface area contributed by atoms with Crippen LogP contribution in [0.4, 0.5) is 18.9 Å². The van der Waals surface area contributed by atoms with Crippen LogP contribution in [-0.4, -0.2) is 20.6 Å². The topological polar surface area (TPSA) is 65.8 Å². The molecule has 0 unspecified atom stereocenters. The van der Waals surface area contributed by atoms with E-state index in [1.54, 1.807) is 12.3 Å². The zero-order chi connectivity index (χ0) is 19.8. The molecule has 5 nitrogen and oxygen atoms in total. The second-order valence-electron chi connectivity index (χ2n) is 6.00. The van der Waals surface area contributed by atoms with Gasteiger partial charge in [-0.15, -0.1) is 5.10 Å². The molecule has 27 heavy (non-hydrogen) atoms. The second-order valence-corrected chi connectivity index (χ2v) is 6.77. The molecule has 2 aromatic carbocycles. The quantitative estimate of drug-likeness (QED) is 0.541. The minimum Gasteiger partial charge on any atom is -0.399 e. The molecule has 0 saturated carbocycles. The van der Waals surface area contributed by atoms with Crippen LogP contribution in [0.5, 0.6) is 0 Å². The van der Waals surface area contributed by atoms with Gasteiger partial charge in [-0.2, -0.15) is 13.2 Å². The summed E-state index contributed by atoms with van der Waals surface area (Å²) in [6, 6.07) is 9.88. The van der Waals surface area contributed by atoms with Crippen LogP contribution in [0.2, 0.25) is 0 Å². The van der Waals surface area contributed by atoms with E-state index in [2.05, 4.69) is 5.10 Å². The molecule has 0 fully saturated rings. The van der Waals surface area contributed by atoms with Gasteiger partial charge in [-0.05, 0) is 54.6 Å². The van der Waals surface area contributed by atoms with E-state index in [0.717, 1.165) is 23.3 Å². The lowest BCUT2D eigenvalue weighted by Gasteiger charge is -2.08. The SMILES string of the molecule is CSc1nn(Cc2ccc(N)c(C)c2)c(=O)n1-c1ccc(C(F)(F)F)cc1. The van der Waals surface area contributed by atoms with Gasteiger partial charge >= 0.3 is 11.9 Å². The minimum atomic E-state index is -4.43. The zero-order valence-electron chi connectivity index (χ0n) is 14.6. The molecule has 3 aromatic rings. The number of nitrogen functional groups attached to an aromatic ring is 1. The number of benzene rings is 2. The lowest BCUT2D eigenvalue weighted by Crippen LogP contribution is -2.24. The van der Waals surface area contributed by atoms with Crippen molar-refractivity contribution in [3.63, 3.8) is 0 Å². The number of rotatable bonds is 4. The molecule has 0 aliphatic rings. The Morgan fingerprint density at radius 1 is 1.15 bits per heavy atom. The van der Waals surface area contributed by atoms with E-state index in [0.29, 0.717) is 16.5 Å². The molecule has 1 heterocycles. The third-order valence-corrected chi connectivity index (χ3v) is 4.74. The minimum absolute atomic E-state index is 0.237. The predicted octanol–water partition coefficient (Wildman–Crippen LogP) is 3.71. The molecule has 9 heteroatoms. The predicted molar refractivity (Wildman–Crippen MR) is 99.3 cm³/mol. The van der Waals surface area contributed by atoms with Crippen LogP contribution in [0.25, 0.3) is 5.69 Å². The first-order valence-corrected chi connectivity index (χ1v) is 9.19. The van der Waals surface area contributed by atoms with E-state index in [-0.39, 0.29) is 6.54 Å². The Hall–Kier alpha value is -2.68. The van der Waals surface area contributed by atoms with Gasteiger partial charge in [-0.1, -0.05) is 23.9 Å². The molecule has 0 bridgehead atoms. The van der Waals surface area contributed by atoms with Gasteiger partial charge in [0.05, 0.1) is 17.8 Å². The number of halogens is 3. The Balaban J connectivity index is 1.99. The smallest absolute Gasteiger partial charge is 0.399 e. The van der Waals surface area contributed by atoms with Gasteiger partial charge in [0.15, 0.2) is 5.16 Å². The van der Waals surface area contributed by atoms with E-state index in [4.69, 9.17) is 5.73 Å². The van der Waals surface area contributed by atoms with Crippen LogP contribution in [0.3, 0.4) is 0 Å². The van der Waals surface area contributed by atoms with Crippen molar-refractivity contribution in [2.45, 2.75) is 24.8 Å². The van der Waals surface area contributed by atoms with Gasteiger partial charge in [0.2, 0.25) is 0 Å². The van der Waals surface area contributed by atoms with Crippen LogP contribution in [0, 0.1) is 6.92 Å². The summed E-state index contributed by atoms with van der Waals surface area (Å²) < 4.78 is 40.9. The van der Waals surface area contributed by atoms with E-state index in [1.165, 1.54) is 33.1 Å². The van der Waals surface area contributed by atoms with E-state index in [1.807, 2.05) is 19.1 Å². The van der Waals surface area contributed by atoms with Gasteiger partial charge in [0.25, 0.3) is 0 Å². The van der Waals surface area contributed by atoms with Gasteiger partial charge in [-0.3, -0.25) is 0 Å². The normalized spacial score (nSPS) is 11.7. The highest BCUT2D eigenvalue weighted by Gasteiger charge is 2.30. The van der Waals surface area contributed by atoms with Crippen molar-refractivity contribution in [3.8, 4) is 5.69 Å². The molecule has 0 radical (unpaired) electrons. The highest BCUT2D eigenvalue weighted by atomic mass is 32.2. The van der Waals surface area contributed by atoms with Crippen molar-refractivity contribution in [2.75, 3.05) is 12.0 Å². The van der Waals surface area contributed by atoms with E-state index >= 15 is 0 Å². The van der Waals surface area contributed by atoms with Crippen molar-refractivity contribution in [1.82, 2.24) is 14.3 Å². The fourth-order valence-corrected chi connectivity index (χ4v) is 3.20. The number of anilines is 1. The Labute approximate surface area is 157 Å². The standard InChI is InChI=1S/C18H17F3N4OS/c1-11-9-12(3-8-15(11)22)10-24-17(26)25(16(23-24)27-2)14-6-4-13(5-7-14)18(19,20)21/h3-9H,10,22H2,1-2H3. The first-order chi connectivity index (χ1) is 12.7. The van der Waals surface area contributed by atoms with Crippen molar-refractivity contribution >= 4 is 17.4 Å². The molecule has 0 saturated heterocycles. The molecule has 3 rings (SSSR count). The van der Waals surface area contributed by atoms with Crippen LogP contribution in [-0.2, 0) is 12.7 Å². The number of hydrogen-bond acceptors (Lipinski definition) is 4. The number of nitrogens with two attached hydrogens (primary N) is 1. The van der Waals surface area contributed by atoms with Gasteiger partial charge in [0, 0.05) is 5.69 Å². The first kappa shape index (κ1) is 19.1. The number of nitrogens with zero attached hydrogens (tertiary/aromatic N) is 3. The molecule has 0 atom stereocenters. The average Bonchev–Trinajstić information content (AvgIpc) is 2.93. The summed E-state index contributed by atoms with van der Waals surface area (Å²) in [5.41, 5.74) is 7.36. The molecule has 1 aromatic heterocycles. The number of thioether (sulfide) groups is 1. The zero-order valence-corrected chi connectivity index (χ0v) is 15.4. The monoisotopic (exact) mass is 394 g/mol. The third-order valence-electron chi connectivity index (χ3n) is 4.11. The van der Waals surface area contributed by atoms with Crippen LogP contribution >= 0.6 is 11.8 Å². The van der Waals surface area contributed by atoms with E-state index < -0.39 is 17.4 Å². The van der Waals surface area contributed by atoms with Crippen molar-refractivity contribution in [2.24, 2.45) is 0 Å². The summed E-state index contributed by atoms with van der Waals surface area (Å²) in [6.45, 7) is 2.11. The number of aromatic nitrogens is 3. The fourth-order valence-electron chi connectivity index (χ4n) is 2.65. The Morgan fingerprint density at radius 3 is 2.37 bits per heavy atom. The van der Waals surface area contributed by atoms with Crippen LogP contribution in [0.1, 0.15) is 16.7 Å². The maximum absolute atomic E-state index is 12.8. The number of alkyl halides is 3. The Kier molecular flexibility index (Phi) is 5.05. The average molecular weight is 394 g/mol. The summed E-state index contributed by atoms with van der Waals surface area (Å²) in [5, 5.41) is 4.70. The lowest BCUT2D eigenvalue weighted by molar-refractivity contribution is -0.137. The summed E-state index contributed by atoms with van der Waals surface area (Å²) >= 11 is 1.24. The maximum Gasteiger partial charge on any atom is 0.416 e. The second kappa shape index (κ2) is 7.15. The molecule has 0 aliphatic heterocycles. The van der Waals surface area contributed by atoms with Crippen molar-refractivity contribution in [3.05, 3.63) is 69.6 Å². The highest BCUT2D eigenvalue weighted by Crippen LogP contribution is 2.29. The van der Waals surface area contributed by atoms with Crippen LogP contribution < -0.4 is 11.4 Å².